The van der Waals surface area contributed by atoms with Crippen LogP contribution in [0.2, 0.25) is 0 Å². The number of piperidine rings is 1. The summed E-state index contributed by atoms with van der Waals surface area (Å²) >= 11 is 1.45. The third kappa shape index (κ3) is 15.2. The zero-order valence-electron chi connectivity index (χ0n) is 39.9. The fourth-order valence-electron chi connectivity index (χ4n) is 9.07. The van der Waals surface area contributed by atoms with Gasteiger partial charge in [-0.05, 0) is 124 Å². The van der Waals surface area contributed by atoms with E-state index in [2.05, 4.69) is 40.4 Å². The molecule has 0 saturated carbocycles. The molecule has 2 saturated heterocycles. The summed E-state index contributed by atoms with van der Waals surface area (Å²) in [6, 6.07) is 17.5. The number of likely N-dealkylation sites (tertiary alicyclic amines) is 1. The van der Waals surface area contributed by atoms with Gasteiger partial charge in [0.1, 0.15) is 4.90 Å². The van der Waals surface area contributed by atoms with Crippen LogP contribution in [0.3, 0.4) is 0 Å². The van der Waals surface area contributed by atoms with Crippen molar-refractivity contribution in [2.45, 2.75) is 124 Å². The maximum absolute atomic E-state index is 14.3. The molecule has 0 bridgehead atoms. The van der Waals surface area contributed by atoms with Crippen molar-refractivity contribution in [3.05, 3.63) is 102 Å². The quantitative estimate of drug-likeness (QED) is 0.0782. The van der Waals surface area contributed by atoms with E-state index in [9.17, 15) is 43.6 Å². The number of rotatable bonds is 21. The maximum Gasteiger partial charge on any atom is 0.501 e. The molecule has 3 aromatic carbocycles. The van der Waals surface area contributed by atoms with Gasteiger partial charge in [-0.2, -0.15) is 13.2 Å². The average Bonchev–Trinajstić information content (AvgIpc) is 3.30. The second-order valence-electron chi connectivity index (χ2n) is 19.3. The van der Waals surface area contributed by atoms with Gasteiger partial charge < -0.3 is 19.9 Å². The van der Waals surface area contributed by atoms with Crippen molar-refractivity contribution in [1.29, 1.82) is 0 Å². The van der Waals surface area contributed by atoms with Crippen molar-refractivity contribution >= 4 is 48.9 Å². The van der Waals surface area contributed by atoms with E-state index in [0.29, 0.717) is 37.9 Å². The number of nitrogens with one attached hydrogen (secondary N) is 2. The number of halogens is 5. The van der Waals surface area contributed by atoms with Gasteiger partial charge in [0, 0.05) is 86.7 Å². The van der Waals surface area contributed by atoms with Crippen molar-refractivity contribution in [3.63, 3.8) is 0 Å². The number of hydrogen-bond donors (Lipinski definition) is 2. The topological polar surface area (TPSA) is 128 Å². The molecule has 0 spiro atoms. The zero-order chi connectivity index (χ0) is 50.1. The number of thioether (sulfide) groups is 1. The van der Waals surface area contributed by atoms with Crippen LogP contribution in [0.25, 0.3) is 0 Å². The summed E-state index contributed by atoms with van der Waals surface area (Å²) in [7, 11) is -11.0. The summed E-state index contributed by atoms with van der Waals surface area (Å²) in [5.74, 6) is -0.696. The van der Waals surface area contributed by atoms with Gasteiger partial charge in [-0.15, -0.1) is 11.8 Å². The smallest absolute Gasteiger partial charge is 0.380 e. The molecule has 0 unspecified atom stereocenters. The largest absolute Gasteiger partial charge is 0.501 e. The van der Waals surface area contributed by atoms with Crippen molar-refractivity contribution in [2.24, 2.45) is 5.41 Å². The molecule has 0 radical (unpaired) electrons. The number of sulfonamides is 1. The minimum Gasteiger partial charge on any atom is -0.380 e. The van der Waals surface area contributed by atoms with Crippen LogP contribution in [0, 0.1) is 5.41 Å². The van der Waals surface area contributed by atoms with E-state index in [1.165, 1.54) is 29.5 Å². The number of piperazine rings is 1. The Labute approximate surface area is 409 Å². The van der Waals surface area contributed by atoms with Crippen LogP contribution < -0.4 is 14.9 Å². The zero-order valence-corrected chi connectivity index (χ0v) is 42.3. The third-order valence-corrected chi connectivity index (χ3v) is 17.0. The van der Waals surface area contributed by atoms with Gasteiger partial charge in [0.15, 0.2) is 0 Å². The number of ether oxygens (including phenoxy) is 1. The Morgan fingerprint density at radius 1 is 0.899 bits per heavy atom. The highest BCUT2D eigenvalue weighted by Gasteiger charge is 2.48. The second-order valence-corrected chi connectivity index (χ2v) is 24.0. The highest BCUT2D eigenvalue weighted by Crippen LogP contribution is 2.43. The van der Waals surface area contributed by atoms with Gasteiger partial charge in [0.2, 0.25) is 6.43 Å². The fourth-order valence-corrected chi connectivity index (χ4v) is 12.1. The molecule has 69 heavy (non-hydrogen) atoms. The van der Waals surface area contributed by atoms with E-state index in [4.69, 9.17) is 4.74 Å². The van der Waals surface area contributed by atoms with E-state index < -0.39 is 59.2 Å². The molecule has 19 heteroatoms. The molecule has 2 N–H and O–H groups in total. The van der Waals surface area contributed by atoms with Crippen LogP contribution in [0.1, 0.15) is 89.4 Å². The first-order chi connectivity index (χ1) is 32.5. The van der Waals surface area contributed by atoms with E-state index in [-0.39, 0.29) is 36.0 Å². The predicted octanol–water partition coefficient (Wildman–Crippen LogP) is 10.2. The highest BCUT2D eigenvalue weighted by atomic mass is 32.2. The highest BCUT2D eigenvalue weighted by molar-refractivity contribution is 7.99. The lowest BCUT2D eigenvalue weighted by Gasteiger charge is -2.39. The number of benzene rings is 3. The minimum atomic E-state index is -6.08. The summed E-state index contributed by atoms with van der Waals surface area (Å²) in [5, 5.41) is 3.02. The number of sulfone groups is 1. The second kappa shape index (κ2) is 23.5. The van der Waals surface area contributed by atoms with E-state index in [1.54, 1.807) is 12.1 Å². The number of anilines is 2. The first-order valence-corrected chi connectivity index (χ1v) is 27.5. The number of alkyl halides is 5. The molecule has 11 nitrogen and oxygen atoms in total. The van der Waals surface area contributed by atoms with Gasteiger partial charge in [-0.3, -0.25) is 9.69 Å². The van der Waals surface area contributed by atoms with E-state index in [1.807, 2.05) is 48.9 Å². The van der Waals surface area contributed by atoms with Crippen LogP contribution in [0.4, 0.5) is 33.3 Å². The fraction of sp³-hybridized carbons (Fsp3) is 0.540. The molecule has 1 amide bonds. The molecule has 2 fully saturated rings. The molecule has 3 aliphatic rings. The number of allylic oxidation sites excluding steroid dienone is 2. The summed E-state index contributed by atoms with van der Waals surface area (Å²) in [6.07, 6.45) is 2.72. The van der Waals surface area contributed by atoms with Crippen LogP contribution >= 0.6 is 11.8 Å². The molecule has 3 aromatic rings. The Kier molecular flexibility index (Phi) is 18.5. The van der Waals surface area contributed by atoms with Crippen molar-refractivity contribution < 1.29 is 48.3 Å². The number of carbonyl (C=O) groups is 1. The number of carbonyl (C=O) groups excluding carboxylic acids is 1. The summed E-state index contributed by atoms with van der Waals surface area (Å²) in [5.41, 5.74) is -2.18. The number of nitrogens with zero attached hydrogens (tertiary/aromatic N) is 3. The van der Waals surface area contributed by atoms with Crippen molar-refractivity contribution in [3.8, 4) is 0 Å². The Balaban J connectivity index is 1.12. The number of amides is 1. The van der Waals surface area contributed by atoms with Gasteiger partial charge in [-0.25, -0.2) is 30.3 Å². The van der Waals surface area contributed by atoms with E-state index in [0.717, 1.165) is 98.7 Å². The monoisotopic (exact) mass is 1020 g/mol. The van der Waals surface area contributed by atoms with Gasteiger partial charge in [0.05, 0.1) is 22.8 Å². The van der Waals surface area contributed by atoms with Gasteiger partial charge in [-0.1, -0.05) is 49.8 Å². The molecule has 1 aliphatic carbocycles. The lowest BCUT2D eigenvalue weighted by atomic mass is 9.72. The molecule has 380 valence electrons. The van der Waals surface area contributed by atoms with Crippen molar-refractivity contribution in [2.75, 3.05) is 68.3 Å². The SMILES string of the molecule is C=C(CCC(F)F)C1=C(CN2CCN(c3ccc(C(=O)NS(=O)(=O)c4ccc(N[C@H](CCN5CCC(OC(C)C)CC5)CSc5ccccc5)c(S(=O)(=O)C(F)(F)F)c4)cc3)CC2)CCC(C)(C)C1. The molecule has 2 heterocycles. The van der Waals surface area contributed by atoms with Crippen LogP contribution in [-0.2, 0) is 24.6 Å². The third-order valence-electron chi connectivity index (χ3n) is 13.0. The first-order valence-electron chi connectivity index (χ1n) is 23.6. The maximum atomic E-state index is 14.3. The summed E-state index contributed by atoms with van der Waals surface area (Å²) in [4.78, 5) is 18.9. The molecule has 6 rings (SSSR count). The van der Waals surface area contributed by atoms with Crippen LogP contribution in [0.5, 0.6) is 0 Å². The normalized spacial score (nSPS) is 18.4. The number of hydrogen-bond acceptors (Lipinski definition) is 11. The molecular formula is C50H66F5N5O6S3. The Bertz CT molecular complexity index is 2470. The molecule has 1 atom stereocenters. The van der Waals surface area contributed by atoms with Gasteiger partial charge >= 0.3 is 5.51 Å². The average molecular weight is 1020 g/mol. The Morgan fingerprint density at radius 3 is 2.19 bits per heavy atom. The Hall–Kier alpha value is -4.01. The van der Waals surface area contributed by atoms with Crippen LogP contribution in [0.15, 0.2) is 111 Å². The van der Waals surface area contributed by atoms with E-state index >= 15 is 0 Å². The lowest BCUT2D eigenvalue weighted by Crippen LogP contribution is -2.47. The first kappa shape index (κ1) is 54.3. The van der Waals surface area contributed by atoms with Gasteiger partial charge in [0.25, 0.3) is 25.8 Å². The van der Waals surface area contributed by atoms with Crippen LogP contribution in [-0.4, -0.2) is 121 Å². The molecule has 0 aromatic heterocycles. The summed E-state index contributed by atoms with van der Waals surface area (Å²) < 4.78 is 130. The van der Waals surface area contributed by atoms with Crippen molar-refractivity contribution in [1.82, 2.24) is 14.5 Å². The predicted molar refractivity (Wildman–Crippen MR) is 263 cm³/mol. The lowest BCUT2D eigenvalue weighted by molar-refractivity contribution is -0.0436. The summed E-state index contributed by atoms with van der Waals surface area (Å²) in [6.45, 7) is 18.2. The Morgan fingerprint density at radius 2 is 1.57 bits per heavy atom. The molecule has 2 aliphatic heterocycles. The molecular weight excluding hydrogens is 958 g/mol. The standard InChI is InChI=1S/C50H66F5N5O6S3/c1-35(2)66-41-21-25-58(26-22-41)24-20-39(34-67-42-9-7-6-8-10-42)56-45-17-16-43(31-46(45)68(62,63)50(53,54)55)69(64,65)57-48(61)37-12-14-40(15-13-37)60-29-27-59(28-30-60)33-38-19-23-49(4,5)32-44(38)36(3)11-18-47(51)52/h6-10,12-17,31,35,39,41,47,56H,3,11,18-30,32-34H2,1-2,4-5H3,(H,57,61)/t39-/m1/s1. The minimum absolute atomic E-state index is 0.0374.